The van der Waals surface area contributed by atoms with Crippen molar-refractivity contribution in [2.45, 2.75) is 152 Å². The van der Waals surface area contributed by atoms with Gasteiger partial charge >= 0.3 is 0 Å². The first-order valence-electron chi connectivity index (χ1n) is 16.6. The minimum atomic E-state index is -0.303. The molecule has 0 spiro atoms. The van der Waals surface area contributed by atoms with Gasteiger partial charge in [0.2, 0.25) is 0 Å². The predicted octanol–water partition coefficient (Wildman–Crippen LogP) is 8.36. The normalized spacial score (nSPS) is 13.8. The predicted molar refractivity (Wildman–Crippen MR) is 186 cm³/mol. The molecule has 0 aliphatic carbocycles. The maximum atomic E-state index is 5.05. The zero-order chi connectivity index (χ0) is 32.8. The topological polar surface area (TPSA) is 62.7 Å². The Balaban J connectivity index is 0.000000622. The van der Waals surface area contributed by atoms with Crippen LogP contribution in [-0.2, 0) is 21.0 Å². The number of aryl methyl sites for hydroxylation is 3. The Bertz CT molecular complexity index is 1120. The maximum Gasteiger partial charge on any atom is 0.261 e. The fraction of sp³-hybridized carbons (Fsp3) is 0.735. The molecule has 1 aliphatic heterocycles. The zero-order valence-corrected chi connectivity index (χ0v) is 33.5. The number of rotatable bonds is 6. The molecule has 0 unspecified atom stereocenters. The minimum Gasteiger partial charge on any atom is -0.422 e. The third-order valence-corrected chi connectivity index (χ3v) is 8.29. The number of nitrogens with zero attached hydrogens (tertiary/aromatic N) is 6. The summed E-state index contributed by atoms with van der Waals surface area (Å²) in [6.45, 7) is 35.9. The van der Waals surface area contributed by atoms with E-state index >= 15 is 0 Å². The quantitative estimate of drug-likeness (QED) is 0.238. The van der Waals surface area contributed by atoms with Crippen molar-refractivity contribution in [3.63, 3.8) is 0 Å². The van der Waals surface area contributed by atoms with Crippen LogP contribution in [0.4, 0.5) is 0 Å². The third-order valence-electron chi connectivity index (χ3n) is 8.29. The summed E-state index contributed by atoms with van der Waals surface area (Å²) >= 11 is 0. The van der Waals surface area contributed by atoms with Gasteiger partial charge in [0.1, 0.15) is 0 Å². The monoisotopic (exact) mass is 744 g/mol. The molecule has 0 bridgehead atoms. The Morgan fingerprint density at radius 1 is 0.591 bits per heavy atom. The van der Waals surface area contributed by atoms with Gasteiger partial charge < -0.3 is 18.5 Å². The molecule has 0 saturated carbocycles. The molecule has 0 N–H and O–H groups in total. The number of hydrogen-bond donors (Lipinski definition) is 0. The van der Waals surface area contributed by atoms with Crippen molar-refractivity contribution in [1.29, 1.82) is 0 Å². The van der Waals surface area contributed by atoms with Crippen LogP contribution in [0.5, 0.6) is 0 Å². The van der Waals surface area contributed by atoms with Gasteiger partial charge in [-0.15, -0.1) is 6.71 Å². The summed E-state index contributed by atoms with van der Waals surface area (Å²) in [4.78, 5) is 0. The van der Waals surface area contributed by atoms with Gasteiger partial charge in [-0.25, -0.2) is 34.3 Å². The van der Waals surface area contributed by atoms with Crippen molar-refractivity contribution in [2.24, 2.45) is 0 Å². The van der Waals surface area contributed by atoms with Gasteiger partial charge in [-0.2, -0.15) is 0 Å². The average molecular weight is 743 g/mol. The summed E-state index contributed by atoms with van der Waals surface area (Å²) in [7, 11) is -0.303. The van der Waals surface area contributed by atoms with E-state index in [0.29, 0.717) is 0 Å². The average Bonchev–Trinajstić information content (AvgIpc) is 3.70. The second kappa shape index (κ2) is 17.3. The first kappa shape index (κ1) is 41.1. The van der Waals surface area contributed by atoms with Gasteiger partial charge in [-0.1, -0.05) is 83.1 Å². The Morgan fingerprint density at radius 2 is 0.864 bits per heavy atom. The van der Waals surface area contributed by atoms with Crippen molar-refractivity contribution in [3.05, 3.63) is 52.4 Å². The molecule has 0 atom stereocenters. The van der Waals surface area contributed by atoms with E-state index in [2.05, 4.69) is 136 Å². The van der Waals surface area contributed by atoms with Gasteiger partial charge in [-0.3, -0.25) is 0 Å². The maximum absolute atomic E-state index is 5.05. The molecule has 3 aromatic rings. The van der Waals surface area contributed by atoms with E-state index in [-0.39, 0.29) is 63.8 Å². The van der Waals surface area contributed by atoms with E-state index < -0.39 is 0 Å². The summed E-state index contributed by atoms with van der Waals surface area (Å²) in [5, 5.41) is 15.2. The van der Waals surface area contributed by atoms with Crippen molar-refractivity contribution in [3.8, 4) is 0 Å². The number of hydrogen-bond acceptors (Lipinski definition) is 4. The van der Waals surface area contributed by atoms with Crippen LogP contribution in [0.25, 0.3) is 0 Å². The molecule has 1 fully saturated rings. The van der Waals surface area contributed by atoms with E-state index in [1.54, 1.807) is 0 Å². The fourth-order valence-corrected chi connectivity index (χ4v) is 4.95. The van der Waals surface area contributed by atoms with Crippen LogP contribution < -0.4 is 0 Å². The van der Waals surface area contributed by atoms with Gasteiger partial charge in [-0.05, 0) is 68.9 Å². The van der Waals surface area contributed by atoms with E-state index in [4.69, 9.17) is 20.0 Å². The Labute approximate surface area is 303 Å². The van der Waals surface area contributed by atoms with Gasteiger partial charge in [0.15, 0.2) is 0 Å². The van der Waals surface area contributed by atoms with Crippen LogP contribution >= 0.6 is 0 Å². The SMILES string of the molecule is C1CCOC1.CC[B-](CC)CC.Cc1cc(C(C)(C)C)nn1[B-](n1nc(C(C)(C)C)cc1C)n1nc(C(C)(C)C)cc1C.[Sm]. The van der Waals surface area contributed by atoms with Crippen LogP contribution in [0.3, 0.4) is 0 Å². The number of ether oxygens (including phenoxy) is 1. The van der Waals surface area contributed by atoms with Crippen LogP contribution in [0.15, 0.2) is 18.2 Å². The van der Waals surface area contributed by atoms with Crippen LogP contribution in [0.2, 0.25) is 19.0 Å². The van der Waals surface area contributed by atoms with Crippen molar-refractivity contribution >= 4 is 13.8 Å². The molecule has 2 radical (unpaired) electrons. The van der Waals surface area contributed by atoms with Crippen molar-refractivity contribution in [2.75, 3.05) is 13.2 Å². The molecule has 4 heterocycles. The summed E-state index contributed by atoms with van der Waals surface area (Å²) in [5.41, 5.74) is 6.37. The minimum absolute atomic E-state index is 0. The molecule has 10 heteroatoms. The largest absolute Gasteiger partial charge is 0.422 e. The number of aromatic nitrogens is 6. The summed E-state index contributed by atoms with van der Waals surface area (Å²) in [6, 6.07) is 6.54. The molecule has 4 rings (SSSR count). The first-order chi connectivity index (χ1) is 19.8. The first-order valence-corrected chi connectivity index (χ1v) is 16.6. The zero-order valence-electron chi connectivity index (χ0n) is 30.8. The second-order valence-electron chi connectivity index (χ2n) is 15.4. The summed E-state index contributed by atoms with van der Waals surface area (Å²) in [5.74, 6) is 0. The van der Waals surface area contributed by atoms with E-state index in [1.165, 1.54) is 31.8 Å². The Kier molecular flexibility index (Phi) is 16.1. The smallest absolute Gasteiger partial charge is 0.261 e. The molecule has 0 amide bonds. The van der Waals surface area contributed by atoms with Gasteiger partial charge in [0.05, 0.1) is 17.1 Å². The third kappa shape index (κ3) is 11.4. The van der Waals surface area contributed by atoms with Crippen LogP contribution in [0.1, 0.15) is 130 Å². The van der Waals surface area contributed by atoms with Gasteiger partial charge in [0.25, 0.3) is 7.12 Å². The summed E-state index contributed by atoms with van der Waals surface area (Å²) < 4.78 is 11.2. The molecule has 1 saturated heterocycles. The molecule has 3 aromatic heterocycles. The van der Waals surface area contributed by atoms with E-state index in [0.717, 1.165) is 54.1 Å². The molecule has 1 aliphatic rings. The van der Waals surface area contributed by atoms with Crippen LogP contribution in [-0.4, -0.2) is 56.1 Å². The molecule has 248 valence electrons. The molecule has 44 heavy (non-hydrogen) atoms. The van der Waals surface area contributed by atoms with E-state index in [1.807, 2.05) is 0 Å². The van der Waals surface area contributed by atoms with Crippen LogP contribution in [0, 0.1) is 61.2 Å². The van der Waals surface area contributed by atoms with E-state index in [9.17, 15) is 0 Å². The van der Waals surface area contributed by atoms with Crippen molar-refractivity contribution in [1.82, 2.24) is 29.1 Å². The van der Waals surface area contributed by atoms with Gasteiger partial charge in [0, 0.05) is 69.8 Å². The van der Waals surface area contributed by atoms with Crippen molar-refractivity contribution < 1.29 is 45.1 Å². The molecule has 7 nitrogen and oxygen atoms in total. The Morgan fingerprint density at radius 3 is 1.00 bits per heavy atom. The fourth-order valence-electron chi connectivity index (χ4n) is 4.95. The molecular formula is C34H62B2N6OSm-2. The molecule has 0 aromatic carbocycles. The summed E-state index contributed by atoms with van der Waals surface area (Å²) in [6.07, 6.45) is 6.62. The standard InChI is InChI=1S/C24H39BN6.C6H15B.C4H8O.Sm/c1-16-13-19(22(4,5)6)26-29(16)25(30-17(2)14-20(27-30)23(7,8)9)31-18(3)15-21(28-31)24(10,11)12;1-4-7(5-2)6-3;1-2-4-5-3-1;/h13-15H,1-12H3;4-6H2,1-3H3;1-4H2;/q2*-1;;. The molecular weight excluding hydrogens is 680 g/mol. The Hall–Kier alpha value is -0.942. The second-order valence-corrected chi connectivity index (χ2v) is 15.4.